The second kappa shape index (κ2) is 8.42. The summed E-state index contributed by atoms with van der Waals surface area (Å²) in [5.74, 6) is 1.05. The Hall–Kier alpha value is -2.59. The molecule has 1 N–H and O–H groups in total. The normalized spacial score (nSPS) is 21.7. The second-order valence-electron chi connectivity index (χ2n) is 8.06. The molecule has 3 aromatic rings. The van der Waals surface area contributed by atoms with Gasteiger partial charge in [-0.1, -0.05) is 62.6 Å². The molecule has 2 aromatic carbocycles. The van der Waals surface area contributed by atoms with Gasteiger partial charge in [0.25, 0.3) is 5.91 Å². The minimum Gasteiger partial charge on any atom is -0.348 e. The molecule has 1 heterocycles. The summed E-state index contributed by atoms with van der Waals surface area (Å²) in [6, 6.07) is 16.0. The molecule has 1 amide bonds. The van der Waals surface area contributed by atoms with Gasteiger partial charge in [0.1, 0.15) is 5.69 Å². The number of carbonyl (C=O) groups excluding carboxylic acids is 1. The van der Waals surface area contributed by atoms with Crippen LogP contribution >= 0.6 is 11.6 Å². The summed E-state index contributed by atoms with van der Waals surface area (Å²) in [6.45, 7) is 4.51. The third-order valence-electron chi connectivity index (χ3n) is 6.18. The molecule has 0 spiro atoms. The lowest BCUT2D eigenvalue weighted by molar-refractivity contribution is 0.0884. The number of aromatic nitrogens is 2. The number of nitrogens with one attached hydrogen (secondary N) is 1. The van der Waals surface area contributed by atoms with Crippen molar-refractivity contribution in [3.63, 3.8) is 0 Å². The van der Waals surface area contributed by atoms with E-state index < -0.39 is 0 Å². The van der Waals surface area contributed by atoms with Gasteiger partial charge in [-0.2, -0.15) is 0 Å². The largest absolute Gasteiger partial charge is 0.348 e. The molecule has 1 fully saturated rings. The third-order valence-corrected chi connectivity index (χ3v) is 6.41. The van der Waals surface area contributed by atoms with E-state index >= 15 is 0 Å². The van der Waals surface area contributed by atoms with Crippen molar-refractivity contribution in [2.45, 2.75) is 39.2 Å². The predicted octanol–water partition coefficient (Wildman–Crippen LogP) is 5.75. The molecule has 4 rings (SSSR count). The lowest BCUT2D eigenvalue weighted by atomic mass is 9.78. The fourth-order valence-corrected chi connectivity index (χ4v) is 4.39. The fourth-order valence-electron chi connectivity index (χ4n) is 4.20. The number of halogens is 1. The van der Waals surface area contributed by atoms with E-state index in [1.165, 1.54) is 6.42 Å². The number of amides is 1. The first-order chi connectivity index (χ1) is 14.0. The van der Waals surface area contributed by atoms with Crippen LogP contribution in [-0.4, -0.2) is 21.5 Å². The number of benzene rings is 2. The number of rotatable bonds is 4. The van der Waals surface area contributed by atoms with E-state index in [4.69, 9.17) is 11.6 Å². The van der Waals surface area contributed by atoms with Crippen LogP contribution in [0, 0.1) is 11.8 Å². The summed E-state index contributed by atoms with van der Waals surface area (Å²) in [5, 5.41) is 3.95. The van der Waals surface area contributed by atoms with Crippen LogP contribution in [0.1, 0.15) is 43.6 Å². The van der Waals surface area contributed by atoms with Crippen molar-refractivity contribution in [2.75, 3.05) is 0 Å². The Morgan fingerprint density at radius 3 is 2.66 bits per heavy atom. The third kappa shape index (κ3) is 4.23. The van der Waals surface area contributed by atoms with Gasteiger partial charge < -0.3 is 5.32 Å². The van der Waals surface area contributed by atoms with Gasteiger partial charge in [-0.25, -0.2) is 4.98 Å². The zero-order valence-electron chi connectivity index (χ0n) is 16.8. The summed E-state index contributed by atoms with van der Waals surface area (Å²) in [6.07, 6.45) is 6.77. The zero-order valence-corrected chi connectivity index (χ0v) is 17.6. The Morgan fingerprint density at radius 1 is 1.10 bits per heavy atom. The zero-order chi connectivity index (χ0) is 20.4. The number of carbonyl (C=O) groups is 1. The Morgan fingerprint density at radius 2 is 1.86 bits per heavy atom. The molecule has 1 aliphatic rings. The maximum absolute atomic E-state index is 13.0. The van der Waals surface area contributed by atoms with E-state index in [1.807, 2.05) is 47.0 Å². The van der Waals surface area contributed by atoms with E-state index in [9.17, 15) is 4.79 Å². The summed E-state index contributed by atoms with van der Waals surface area (Å²) in [5.41, 5.74) is 3.53. The molecule has 1 saturated carbocycles. The standard InChI is InChI=1S/C24H26ClN3O/c1-16-6-3-11-22(17(16)2)27-24(29)23-14-26-15-28(23)21-10-5-8-19(13-21)18-7-4-9-20(25)12-18/h4-5,7-10,12-17,22H,3,6,11H2,1-2H3,(H,27,29)/t16-,17-,22-/m1/s1. The molecule has 4 nitrogen and oxygen atoms in total. The Kier molecular flexibility index (Phi) is 5.72. The van der Waals surface area contributed by atoms with Crippen LogP contribution in [0.3, 0.4) is 0 Å². The van der Waals surface area contributed by atoms with Gasteiger partial charge in [0, 0.05) is 16.8 Å². The van der Waals surface area contributed by atoms with Crippen LogP contribution in [0.25, 0.3) is 16.8 Å². The van der Waals surface area contributed by atoms with E-state index in [0.29, 0.717) is 22.6 Å². The fraction of sp³-hybridized carbons (Fsp3) is 0.333. The SMILES string of the molecule is C[C@@H]1[C@H](C)CCC[C@H]1NC(=O)c1cncn1-c1cccc(-c2cccc(Cl)c2)c1. The smallest absolute Gasteiger partial charge is 0.270 e. The minimum absolute atomic E-state index is 0.0680. The summed E-state index contributed by atoms with van der Waals surface area (Å²) >= 11 is 6.15. The molecule has 1 aliphatic carbocycles. The molecule has 0 saturated heterocycles. The molecule has 150 valence electrons. The topological polar surface area (TPSA) is 46.9 Å². The molecule has 0 aliphatic heterocycles. The molecule has 5 heteroatoms. The van der Waals surface area contributed by atoms with Gasteiger partial charge >= 0.3 is 0 Å². The van der Waals surface area contributed by atoms with E-state index in [0.717, 1.165) is 29.7 Å². The van der Waals surface area contributed by atoms with E-state index in [1.54, 1.807) is 12.5 Å². The van der Waals surface area contributed by atoms with Crippen LogP contribution in [-0.2, 0) is 0 Å². The van der Waals surface area contributed by atoms with Crippen molar-refractivity contribution >= 4 is 17.5 Å². The Bertz CT molecular complexity index is 1010. The highest BCUT2D eigenvalue weighted by Gasteiger charge is 2.29. The van der Waals surface area contributed by atoms with Crippen LogP contribution in [0.15, 0.2) is 61.1 Å². The number of hydrogen-bond acceptors (Lipinski definition) is 2. The summed E-state index contributed by atoms with van der Waals surface area (Å²) < 4.78 is 1.85. The van der Waals surface area contributed by atoms with Gasteiger partial charge in [0.05, 0.1) is 12.5 Å². The van der Waals surface area contributed by atoms with Crippen LogP contribution in [0.4, 0.5) is 0 Å². The van der Waals surface area contributed by atoms with Crippen LogP contribution < -0.4 is 5.32 Å². The first-order valence-electron chi connectivity index (χ1n) is 10.2. The maximum Gasteiger partial charge on any atom is 0.270 e. The molecule has 0 unspecified atom stereocenters. The van der Waals surface area contributed by atoms with Gasteiger partial charge in [-0.05, 0) is 53.6 Å². The molecule has 1 aromatic heterocycles. The van der Waals surface area contributed by atoms with Gasteiger partial charge in [-0.3, -0.25) is 9.36 Å². The molecule has 29 heavy (non-hydrogen) atoms. The van der Waals surface area contributed by atoms with Crippen molar-refractivity contribution in [1.82, 2.24) is 14.9 Å². The highest BCUT2D eigenvalue weighted by molar-refractivity contribution is 6.30. The predicted molar refractivity (Wildman–Crippen MR) is 117 cm³/mol. The van der Waals surface area contributed by atoms with Gasteiger partial charge in [0.2, 0.25) is 0 Å². The van der Waals surface area contributed by atoms with E-state index in [-0.39, 0.29) is 11.9 Å². The van der Waals surface area contributed by atoms with Crippen molar-refractivity contribution < 1.29 is 4.79 Å². The quantitative estimate of drug-likeness (QED) is 0.598. The van der Waals surface area contributed by atoms with Crippen LogP contribution in [0.5, 0.6) is 0 Å². The molecule has 3 atom stereocenters. The van der Waals surface area contributed by atoms with Gasteiger partial charge in [-0.15, -0.1) is 0 Å². The van der Waals surface area contributed by atoms with Crippen molar-refractivity contribution in [1.29, 1.82) is 0 Å². The number of nitrogens with zero attached hydrogens (tertiary/aromatic N) is 2. The average Bonchev–Trinajstić information content (AvgIpc) is 3.22. The van der Waals surface area contributed by atoms with E-state index in [2.05, 4.69) is 30.2 Å². The van der Waals surface area contributed by atoms with Gasteiger partial charge in [0.15, 0.2) is 0 Å². The minimum atomic E-state index is -0.0680. The molecular weight excluding hydrogens is 382 g/mol. The van der Waals surface area contributed by atoms with Crippen molar-refractivity contribution in [3.8, 4) is 16.8 Å². The summed E-state index contributed by atoms with van der Waals surface area (Å²) in [7, 11) is 0. The van der Waals surface area contributed by atoms with Crippen molar-refractivity contribution in [3.05, 3.63) is 71.8 Å². The molecular formula is C24H26ClN3O. The molecule has 0 bridgehead atoms. The number of imidazole rings is 1. The lowest BCUT2D eigenvalue weighted by Crippen LogP contribution is -2.44. The monoisotopic (exact) mass is 407 g/mol. The highest BCUT2D eigenvalue weighted by Crippen LogP contribution is 2.30. The number of hydrogen-bond donors (Lipinski definition) is 1. The Balaban J connectivity index is 1.59. The highest BCUT2D eigenvalue weighted by atomic mass is 35.5. The Labute approximate surface area is 176 Å². The van der Waals surface area contributed by atoms with Crippen LogP contribution in [0.2, 0.25) is 5.02 Å². The first-order valence-corrected chi connectivity index (χ1v) is 10.6. The maximum atomic E-state index is 13.0. The van der Waals surface area contributed by atoms with Crippen molar-refractivity contribution in [2.24, 2.45) is 11.8 Å². The average molecular weight is 408 g/mol. The second-order valence-corrected chi connectivity index (χ2v) is 8.49. The molecule has 0 radical (unpaired) electrons. The summed E-state index contributed by atoms with van der Waals surface area (Å²) in [4.78, 5) is 17.3. The first kappa shape index (κ1) is 19.7. The lowest BCUT2D eigenvalue weighted by Gasteiger charge is -2.34.